The van der Waals surface area contributed by atoms with Crippen molar-refractivity contribution in [3.05, 3.63) is 48.2 Å². The van der Waals surface area contributed by atoms with E-state index in [9.17, 15) is 0 Å². The van der Waals surface area contributed by atoms with E-state index in [1.54, 1.807) is 12.3 Å². The highest BCUT2D eigenvalue weighted by Gasteiger charge is 2.06. The summed E-state index contributed by atoms with van der Waals surface area (Å²) in [5, 5.41) is 8.87. The van der Waals surface area contributed by atoms with Gasteiger partial charge in [-0.15, -0.1) is 12.6 Å². The smallest absolute Gasteiger partial charge is 0.100 e. The minimum absolute atomic E-state index is 0.571. The highest BCUT2D eigenvalue weighted by molar-refractivity contribution is 7.80. The van der Waals surface area contributed by atoms with Crippen molar-refractivity contribution in [2.45, 2.75) is 4.90 Å². The van der Waals surface area contributed by atoms with Gasteiger partial charge in [-0.1, -0.05) is 18.2 Å². The molecule has 2 rings (SSSR count). The Morgan fingerprint density at radius 2 is 2.00 bits per heavy atom. The summed E-state index contributed by atoms with van der Waals surface area (Å²) in [5.74, 6) is 0. The van der Waals surface area contributed by atoms with Gasteiger partial charge in [0.05, 0.1) is 11.3 Å². The van der Waals surface area contributed by atoms with Gasteiger partial charge in [-0.25, -0.2) is 0 Å². The van der Waals surface area contributed by atoms with Gasteiger partial charge in [0, 0.05) is 16.7 Å². The van der Waals surface area contributed by atoms with Crippen LogP contribution in [0.2, 0.25) is 0 Å². The molecule has 0 fully saturated rings. The summed E-state index contributed by atoms with van der Waals surface area (Å²) in [4.78, 5) is 4.91. The van der Waals surface area contributed by atoms with Gasteiger partial charge in [-0.2, -0.15) is 5.26 Å². The number of thiol groups is 1. The molecule has 0 amide bonds. The predicted molar refractivity (Wildman–Crippen MR) is 61.6 cm³/mol. The molecule has 0 N–H and O–H groups in total. The van der Waals surface area contributed by atoms with E-state index in [1.165, 1.54) is 0 Å². The van der Waals surface area contributed by atoms with Crippen molar-refractivity contribution in [1.29, 1.82) is 5.26 Å². The monoisotopic (exact) mass is 212 g/mol. The highest BCUT2D eigenvalue weighted by atomic mass is 32.1. The summed E-state index contributed by atoms with van der Waals surface area (Å²) < 4.78 is 0. The van der Waals surface area contributed by atoms with Gasteiger partial charge in [-0.3, -0.25) is 4.98 Å². The van der Waals surface area contributed by atoms with Gasteiger partial charge >= 0.3 is 0 Å². The first-order valence-corrected chi connectivity index (χ1v) is 4.91. The van der Waals surface area contributed by atoms with Crippen molar-refractivity contribution in [3.8, 4) is 17.3 Å². The lowest BCUT2D eigenvalue weighted by Gasteiger charge is -2.04. The Morgan fingerprint density at radius 1 is 1.13 bits per heavy atom. The van der Waals surface area contributed by atoms with Crippen LogP contribution in [0.4, 0.5) is 0 Å². The maximum absolute atomic E-state index is 8.87. The second-order valence-electron chi connectivity index (χ2n) is 3.03. The average Bonchev–Trinajstić information content (AvgIpc) is 2.30. The van der Waals surface area contributed by atoms with Gasteiger partial charge in [0.2, 0.25) is 0 Å². The molecule has 1 heterocycles. The molecule has 0 aliphatic heterocycles. The van der Waals surface area contributed by atoms with E-state index in [2.05, 4.69) is 23.7 Å². The highest BCUT2D eigenvalue weighted by Crippen LogP contribution is 2.27. The first kappa shape index (κ1) is 9.75. The molecule has 0 saturated heterocycles. The van der Waals surface area contributed by atoms with Crippen LogP contribution in [0.25, 0.3) is 11.3 Å². The lowest BCUT2D eigenvalue weighted by atomic mass is 10.1. The van der Waals surface area contributed by atoms with Crippen LogP contribution < -0.4 is 0 Å². The van der Waals surface area contributed by atoms with Crippen molar-refractivity contribution in [1.82, 2.24) is 4.98 Å². The van der Waals surface area contributed by atoms with Gasteiger partial charge in [0.15, 0.2) is 0 Å². The Bertz CT molecular complexity index is 515. The molecule has 0 spiro atoms. The van der Waals surface area contributed by atoms with Gasteiger partial charge in [0.25, 0.3) is 0 Å². The van der Waals surface area contributed by atoms with Crippen LogP contribution in [0.15, 0.2) is 47.5 Å². The second-order valence-corrected chi connectivity index (χ2v) is 3.48. The molecule has 0 bridgehead atoms. The fourth-order valence-electron chi connectivity index (χ4n) is 1.36. The predicted octanol–water partition coefficient (Wildman–Crippen LogP) is 2.91. The van der Waals surface area contributed by atoms with E-state index in [0.29, 0.717) is 10.5 Å². The molecule has 0 unspecified atom stereocenters. The SMILES string of the molecule is N#Cc1cccc(-c2ccccn2)c1S. The summed E-state index contributed by atoms with van der Waals surface area (Å²) in [6, 6.07) is 13.3. The second kappa shape index (κ2) is 4.16. The van der Waals surface area contributed by atoms with Crippen LogP contribution >= 0.6 is 12.6 Å². The first-order chi connectivity index (χ1) is 7.33. The minimum Gasteiger partial charge on any atom is -0.256 e. The molecule has 3 heteroatoms. The molecular formula is C12H8N2S. The molecule has 0 aliphatic rings. The minimum atomic E-state index is 0.571. The Hall–Kier alpha value is -1.79. The molecule has 2 nitrogen and oxygen atoms in total. The zero-order valence-corrected chi connectivity index (χ0v) is 8.78. The van der Waals surface area contributed by atoms with E-state index < -0.39 is 0 Å². The zero-order valence-electron chi connectivity index (χ0n) is 7.88. The largest absolute Gasteiger partial charge is 0.256 e. The summed E-state index contributed by atoms with van der Waals surface area (Å²) in [5.41, 5.74) is 2.29. The molecule has 0 atom stereocenters. The fourth-order valence-corrected chi connectivity index (χ4v) is 1.68. The van der Waals surface area contributed by atoms with E-state index in [0.717, 1.165) is 11.3 Å². The molecule has 15 heavy (non-hydrogen) atoms. The normalized spacial score (nSPS) is 9.60. The van der Waals surface area contributed by atoms with E-state index in [4.69, 9.17) is 5.26 Å². The van der Waals surface area contributed by atoms with Crippen molar-refractivity contribution in [3.63, 3.8) is 0 Å². The quantitative estimate of drug-likeness (QED) is 0.738. The number of aromatic nitrogens is 1. The molecule has 1 aromatic heterocycles. The van der Waals surface area contributed by atoms with Gasteiger partial charge in [-0.05, 0) is 18.2 Å². The van der Waals surface area contributed by atoms with Crippen LogP contribution in [0, 0.1) is 11.3 Å². The molecule has 0 radical (unpaired) electrons. The lowest BCUT2D eigenvalue weighted by molar-refractivity contribution is 1.28. The van der Waals surface area contributed by atoms with Crippen molar-refractivity contribution >= 4 is 12.6 Å². The summed E-state index contributed by atoms with van der Waals surface area (Å²) in [6.07, 6.45) is 1.72. The summed E-state index contributed by atoms with van der Waals surface area (Å²) in [6.45, 7) is 0. The van der Waals surface area contributed by atoms with Crippen molar-refractivity contribution in [2.24, 2.45) is 0 Å². The maximum Gasteiger partial charge on any atom is 0.100 e. The van der Waals surface area contributed by atoms with Crippen molar-refractivity contribution in [2.75, 3.05) is 0 Å². The summed E-state index contributed by atoms with van der Waals surface area (Å²) >= 11 is 4.34. The first-order valence-electron chi connectivity index (χ1n) is 4.46. The number of nitriles is 1. The van der Waals surface area contributed by atoms with Gasteiger partial charge in [0.1, 0.15) is 6.07 Å². The topological polar surface area (TPSA) is 36.7 Å². The van der Waals surface area contributed by atoms with E-state index in [-0.39, 0.29) is 0 Å². The molecule has 2 aromatic rings. The number of rotatable bonds is 1. The molecule has 72 valence electrons. The van der Waals surface area contributed by atoms with Crippen LogP contribution in [0.5, 0.6) is 0 Å². The Balaban J connectivity index is 2.61. The van der Waals surface area contributed by atoms with E-state index >= 15 is 0 Å². The summed E-state index contributed by atoms with van der Waals surface area (Å²) in [7, 11) is 0. The number of nitrogens with zero attached hydrogens (tertiary/aromatic N) is 2. The zero-order chi connectivity index (χ0) is 10.7. The Morgan fingerprint density at radius 3 is 2.67 bits per heavy atom. The van der Waals surface area contributed by atoms with Gasteiger partial charge < -0.3 is 0 Å². The Kier molecular flexibility index (Phi) is 2.70. The Labute approximate surface area is 93.6 Å². The van der Waals surface area contributed by atoms with E-state index in [1.807, 2.05) is 30.3 Å². The fraction of sp³-hybridized carbons (Fsp3) is 0. The maximum atomic E-state index is 8.87. The third-order valence-electron chi connectivity index (χ3n) is 2.10. The van der Waals surface area contributed by atoms with Crippen LogP contribution in [-0.4, -0.2) is 4.98 Å². The molecule has 1 aromatic carbocycles. The van der Waals surface area contributed by atoms with Crippen molar-refractivity contribution < 1.29 is 0 Å². The number of hydrogen-bond acceptors (Lipinski definition) is 3. The van der Waals surface area contributed by atoms with Crippen LogP contribution in [-0.2, 0) is 0 Å². The number of hydrogen-bond donors (Lipinski definition) is 1. The third-order valence-corrected chi connectivity index (χ3v) is 2.58. The van der Waals surface area contributed by atoms with Crippen LogP contribution in [0.1, 0.15) is 5.56 Å². The molecule has 0 saturated carbocycles. The molecular weight excluding hydrogens is 204 g/mol. The standard InChI is InChI=1S/C12H8N2S/c13-8-9-4-3-5-10(12(9)15)11-6-1-2-7-14-11/h1-7,15H. The average molecular weight is 212 g/mol. The number of pyridine rings is 1. The third kappa shape index (κ3) is 1.85. The number of benzene rings is 1. The lowest BCUT2D eigenvalue weighted by Crippen LogP contribution is -1.86. The molecule has 0 aliphatic carbocycles. The van der Waals surface area contributed by atoms with Crippen LogP contribution in [0.3, 0.4) is 0 Å².